The molecule has 0 spiro atoms. The largest absolute Gasteiger partial charge is 0.321 e. The van der Waals surface area contributed by atoms with E-state index in [1.54, 1.807) is 11.6 Å². The first kappa shape index (κ1) is 17.0. The molecule has 2 aromatic rings. The quantitative estimate of drug-likeness (QED) is 0.897. The van der Waals surface area contributed by atoms with Crippen molar-refractivity contribution in [1.29, 1.82) is 0 Å². The maximum atomic E-state index is 13.6. The molecule has 0 radical (unpaired) electrons. The van der Waals surface area contributed by atoms with Crippen LogP contribution in [0.25, 0.3) is 0 Å². The fraction of sp³-hybridized carbons (Fsp3) is 0.250. The van der Waals surface area contributed by atoms with Crippen LogP contribution in [0.5, 0.6) is 0 Å². The fourth-order valence-corrected chi connectivity index (χ4v) is 3.02. The van der Waals surface area contributed by atoms with Gasteiger partial charge >= 0.3 is 4.87 Å². The molecular weight excluding hydrogens is 347 g/mol. The van der Waals surface area contributed by atoms with Gasteiger partial charge in [0, 0.05) is 37.2 Å². The van der Waals surface area contributed by atoms with Crippen molar-refractivity contribution in [3.05, 3.63) is 50.8 Å². The molecular formula is C16H15FN4O3S. The normalized spacial score (nSPS) is 14.4. The van der Waals surface area contributed by atoms with E-state index >= 15 is 0 Å². The summed E-state index contributed by atoms with van der Waals surface area (Å²) in [7, 11) is 1.49. The molecule has 1 aromatic carbocycles. The van der Waals surface area contributed by atoms with E-state index in [0.717, 1.165) is 16.3 Å². The number of rotatable bonds is 4. The molecule has 25 heavy (non-hydrogen) atoms. The Morgan fingerprint density at radius 1 is 1.36 bits per heavy atom. The van der Waals surface area contributed by atoms with Crippen molar-refractivity contribution in [2.24, 2.45) is 5.10 Å². The zero-order chi connectivity index (χ0) is 18.0. The first-order valence-corrected chi connectivity index (χ1v) is 8.40. The summed E-state index contributed by atoms with van der Waals surface area (Å²) in [5.41, 5.74) is 1.09. The monoisotopic (exact) mass is 362 g/mol. The number of anilines is 1. The van der Waals surface area contributed by atoms with Gasteiger partial charge in [-0.25, -0.2) is 9.40 Å². The Labute approximate surface area is 146 Å². The molecule has 1 aliphatic rings. The minimum Gasteiger partial charge on any atom is -0.321 e. The lowest BCUT2D eigenvalue weighted by Gasteiger charge is -2.19. The van der Waals surface area contributed by atoms with Crippen LogP contribution in [0.1, 0.15) is 18.4 Å². The summed E-state index contributed by atoms with van der Waals surface area (Å²) in [4.78, 5) is 35.4. The zero-order valence-corrected chi connectivity index (χ0v) is 14.2. The third-order valence-electron chi connectivity index (χ3n) is 3.77. The number of hydrogen-bond acceptors (Lipinski definition) is 5. The van der Waals surface area contributed by atoms with Crippen LogP contribution in [0.3, 0.4) is 0 Å². The number of aromatic nitrogens is 1. The highest BCUT2D eigenvalue weighted by Crippen LogP contribution is 2.19. The van der Waals surface area contributed by atoms with Crippen molar-refractivity contribution in [3.63, 3.8) is 0 Å². The average molecular weight is 362 g/mol. The summed E-state index contributed by atoms with van der Waals surface area (Å²) < 4.78 is 15.0. The van der Waals surface area contributed by atoms with Crippen LogP contribution in [0.2, 0.25) is 0 Å². The second-order valence-corrected chi connectivity index (χ2v) is 6.37. The number of nitrogens with one attached hydrogen (secondary N) is 1. The molecule has 130 valence electrons. The number of thiazole rings is 1. The summed E-state index contributed by atoms with van der Waals surface area (Å²) in [6.45, 7) is 0.139. The predicted molar refractivity (Wildman–Crippen MR) is 92.1 cm³/mol. The number of hydrogen-bond donors (Lipinski definition) is 1. The summed E-state index contributed by atoms with van der Waals surface area (Å²) in [5, 5.41) is 9.42. The number of hydrazone groups is 1. The van der Waals surface area contributed by atoms with Crippen LogP contribution in [0.15, 0.2) is 39.7 Å². The Morgan fingerprint density at radius 2 is 2.16 bits per heavy atom. The van der Waals surface area contributed by atoms with Crippen LogP contribution >= 0.6 is 11.3 Å². The molecule has 0 unspecified atom stereocenters. The lowest BCUT2D eigenvalue weighted by atomic mass is 10.1. The van der Waals surface area contributed by atoms with Crippen molar-refractivity contribution in [1.82, 2.24) is 9.58 Å². The lowest BCUT2D eigenvalue weighted by Crippen LogP contribution is -2.34. The lowest BCUT2D eigenvalue weighted by molar-refractivity contribution is -0.130. The van der Waals surface area contributed by atoms with E-state index in [1.807, 2.05) is 0 Å². The first-order valence-electron chi connectivity index (χ1n) is 7.52. The highest BCUT2D eigenvalue weighted by atomic mass is 32.1. The van der Waals surface area contributed by atoms with Gasteiger partial charge in [-0.05, 0) is 23.8 Å². The third kappa shape index (κ3) is 3.82. The van der Waals surface area contributed by atoms with Crippen LogP contribution in [0.4, 0.5) is 10.1 Å². The maximum absolute atomic E-state index is 13.6. The smallest absolute Gasteiger partial charge is 0.307 e. The maximum Gasteiger partial charge on any atom is 0.307 e. The fourth-order valence-electron chi connectivity index (χ4n) is 2.43. The van der Waals surface area contributed by atoms with Gasteiger partial charge in [0.15, 0.2) is 0 Å². The van der Waals surface area contributed by atoms with Crippen molar-refractivity contribution in [3.8, 4) is 0 Å². The van der Waals surface area contributed by atoms with E-state index in [-0.39, 0.29) is 35.9 Å². The molecule has 0 saturated carbocycles. The summed E-state index contributed by atoms with van der Waals surface area (Å²) >= 11 is 1.04. The zero-order valence-electron chi connectivity index (χ0n) is 13.4. The Bertz CT molecular complexity index is 918. The first-order chi connectivity index (χ1) is 11.9. The Kier molecular flexibility index (Phi) is 4.75. The number of halogens is 1. The van der Waals surface area contributed by atoms with E-state index in [9.17, 15) is 18.8 Å². The predicted octanol–water partition coefficient (Wildman–Crippen LogP) is 1.64. The van der Waals surface area contributed by atoms with Crippen LogP contribution < -0.4 is 10.2 Å². The molecule has 0 atom stereocenters. The van der Waals surface area contributed by atoms with Gasteiger partial charge in [0.1, 0.15) is 11.5 Å². The minimum atomic E-state index is -0.461. The van der Waals surface area contributed by atoms with E-state index < -0.39 is 11.7 Å². The molecule has 0 fully saturated rings. The summed E-state index contributed by atoms with van der Waals surface area (Å²) in [5.74, 6) is -1.07. The van der Waals surface area contributed by atoms with Crippen LogP contribution in [-0.4, -0.2) is 34.1 Å². The molecule has 7 nitrogen and oxygen atoms in total. The third-order valence-corrected chi connectivity index (χ3v) is 4.46. The SMILES string of the molecule is CN1N=C(C(=O)Nc2ccc(F)cc2Cn2ccsc2=O)CCC1=O. The van der Waals surface area contributed by atoms with Crippen LogP contribution in [-0.2, 0) is 16.1 Å². The molecule has 1 aromatic heterocycles. The van der Waals surface area contributed by atoms with Gasteiger partial charge in [0.05, 0.1) is 6.54 Å². The van der Waals surface area contributed by atoms with Crippen molar-refractivity contribution in [2.75, 3.05) is 12.4 Å². The highest BCUT2D eigenvalue weighted by Gasteiger charge is 2.22. The molecule has 0 bridgehead atoms. The second kappa shape index (κ2) is 6.98. The average Bonchev–Trinajstić information content (AvgIpc) is 2.97. The van der Waals surface area contributed by atoms with Gasteiger partial charge in [0.25, 0.3) is 5.91 Å². The highest BCUT2D eigenvalue weighted by molar-refractivity contribution is 7.07. The standard InChI is InChI=1S/C16H15FN4O3S/c1-20-14(22)5-4-13(19-20)15(23)18-12-3-2-11(17)8-10(12)9-21-6-7-25-16(21)24/h2-3,6-8H,4-5,9H2,1H3,(H,18,23). The molecule has 0 saturated heterocycles. The molecule has 1 aliphatic heterocycles. The van der Waals surface area contributed by atoms with Gasteiger partial charge in [-0.15, -0.1) is 0 Å². The van der Waals surface area contributed by atoms with E-state index in [1.165, 1.54) is 29.8 Å². The van der Waals surface area contributed by atoms with Crippen LogP contribution in [0, 0.1) is 5.82 Å². The van der Waals surface area contributed by atoms with E-state index in [2.05, 4.69) is 10.4 Å². The molecule has 1 N–H and O–H groups in total. The number of carbonyl (C=O) groups excluding carboxylic acids is 2. The van der Waals surface area contributed by atoms with Crippen molar-refractivity contribution in [2.45, 2.75) is 19.4 Å². The van der Waals surface area contributed by atoms with E-state index in [4.69, 9.17) is 0 Å². The van der Waals surface area contributed by atoms with Crippen molar-refractivity contribution < 1.29 is 14.0 Å². The Hall–Kier alpha value is -2.81. The van der Waals surface area contributed by atoms with Crippen molar-refractivity contribution >= 4 is 34.6 Å². The number of nitrogens with zero attached hydrogens (tertiary/aromatic N) is 3. The minimum absolute atomic E-state index is 0.139. The number of carbonyl (C=O) groups is 2. The molecule has 2 amide bonds. The Balaban J connectivity index is 1.84. The summed E-state index contributed by atoms with van der Waals surface area (Å²) in [6.07, 6.45) is 2.06. The number of amides is 2. The summed E-state index contributed by atoms with van der Waals surface area (Å²) in [6, 6.07) is 3.95. The topological polar surface area (TPSA) is 83.8 Å². The number of benzene rings is 1. The Morgan fingerprint density at radius 3 is 2.84 bits per heavy atom. The molecule has 0 aliphatic carbocycles. The molecule has 9 heteroatoms. The van der Waals surface area contributed by atoms with Gasteiger partial charge in [-0.2, -0.15) is 5.10 Å². The van der Waals surface area contributed by atoms with Gasteiger partial charge < -0.3 is 9.88 Å². The molecule has 2 heterocycles. The van der Waals surface area contributed by atoms with Gasteiger partial charge in [-0.1, -0.05) is 11.3 Å². The van der Waals surface area contributed by atoms with Gasteiger partial charge in [0.2, 0.25) is 5.91 Å². The second-order valence-electron chi connectivity index (χ2n) is 5.52. The van der Waals surface area contributed by atoms with E-state index in [0.29, 0.717) is 11.3 Å². The molecule has 3 rings (SSSR count). The van der Waals surface area contributed by atoms with Gasteiger partial charge in [-0.3, -0.25) is 14.4 Å².